The van der Waals surface area contributed by atoms with Gasteiger partial charge in [0, 0.05) is 6.42 Å². The average Bonchev–Trinajstić information content (AvgIpc) is 2.22. The molecule has 0 aliphatic carbocycles. The minimum Gasteiger partial charge on any atom is -0.438 e. The molecule has 0 aliphatic rings. The highest BCUT2D eigenvalue weighted by Gasteiger charge is 2.22. The number of esters is 1. The average molecular weight is 220 g/mol. The summed E-state index contributed by atoms with van der Waals surface area (Å²) in [5, 5.41) is 18.5. The van der Waals surface area contributed by atoms with Crippen LogP contribution in [0.3, 0.4) is 0 Å². The van der Waals surface area contributed by atoms with Crippen molar-refractivity contribution in [1.29, 1.82) is 0 Å². The van der Waals surface area contributed by atoms with E-state index in [0.29, 0.717) is 0 Å². The number of hydrogen-bond donors (Lipinski definition) is 2. The molecule has 0 saturated carbocycles. The fourth-order valence-electron chi connectivity index (χ4n) is 0.978. The van der Waals surface area contributed by atoms with Crippen molar-refractivity contribution in [2.24, 2.45) is 5.92 Å². The maximum absolute atomic E-state index is 10.8. The van der Waals surface area contributed by atoms with Crippen LogP contribution >= 0.6 is 0 Å². The highest BCUT2D eigenvalue weighted by atomic mass is 16.7. The van der Waals surface area contributed by atoms with Gasteiger partial charge in [-0.15, -0.1) is 0 Å². The van der Waals surface area contributed by atoms with Crippen molar-refractivity contribution in [3.05, 3.63) is 0 Å². The van der Waals surface area contributed by atoms with Gasteiger partial charge in [0.15, 0.2) is 6.79 Å². The molecule has 0 aliphatic heterocycles. The molecule has 5 nitrogen and oxygen atoms in total. The third kappa shape index (κ3) is 5.71. The first-order chi connectivity index (χ1) is 7.02. The molecule has 0 heterocycles. The van der Waals surface area contributed by atoms with E-state index >= 15 is 0 Å². The van der Waals surface area contributed by atoms with Crippen LogP contribution in [0.15, 0.2) is 0 Å². The van der Waals surface area contributed by atoms with Crippen LogP contribution in [0.25, 0.3) is 0 Å². The van der Waals surface area contributed by atoms with E-state index in [9.17, 15) is 9.90 Å². The van der Waals surface area contributed by atoms with E-state index in [4.69, 9.17) is 9.84 Å². The number of aliphatic hydroxyl groups excluding tert-OH is 2. The minimum atomic E-state index is -0.768. The molecule has 0 aromatic heterocycles. The number of hydrogen-bond acceptors (Lipinski definition) is 5. The van der Waals surface area contributed by atoms with Crippen LogP contribution in [0, 0.1) is 5.92 Å². The van der Waals surface area contributed by atoms with E-state index in [1.54, 1.807) is 6.92 Å². The molecule has 0 spiro atoms. The number of rotatable bonds is 7. The van der Waals surface area contributed by atoms with Gasteiger partial charge in [-0.05, 0) is 5.92 Å². The Labute approximate surface area is 90.0 Å². The molecule has 0 aromatic carbocycles. The summed E-state index contributed by atoms with van der Waals surface area (Å²) in [4.78, 5) is 10.8. The van der Waals surface area contributed by atoms with Gasteiger partial charge in [-0.25, -0.2) is 0 Å². The largest absolute Gasteiger partial charge is 0.438 e. The molecule has 0 fully saturated rings. The standard InChI is InChI=1S/C10H20O5/c1-4-9(12)15-6-14-8(5-11)10(13)7(2)3/h7-8,10-11,13H,4-6H2,1-3H3. The van der Waals surface area contributed by atoms with Crippen molar-refractivity contribution in [2.75, 3.05) is 13.4 Å². The highest BCUT2D eigenvalue weighted by Crippen LogP contribution is 2.09. The van der Waals surface area contributed by atoms with Crippen LogP contribution in [0.4, 0.5) is 0 Å². The zero-order valence-electron chi connectivity index (χ0n) is 9.47. The molecule has 2 unspecified atom stereocenters. The second kappa shape index (κ2) is 7.62. The molecule has 15 heavy (non-hydrogen) atoms. The van der Waals surface area contributed by atoms with Crippen LogP contribution in [0.2, 0.25) is 0 Å². The van der Waals surface area contributed by atoms with E-state index in [1.807, 2.05) is 13.8 Å². The maximum atomic E-state index is 10.8. The van der Waals surface area contributed by atoms with Gasteiger partial charge >= 0.3 is 5.97 Å². The molecular formula is C10H20O5. The lowest BCUT2D eigenvalue weighted by molar-refractivity contribution is -0.172. The number of ether oxygens (including phenoxy) is 2. The van der Waals surface area contributed by atoms with E-state index in [1.165, 1.54) is 0 Å². The zero-order valence-corrected chi connectivity index (χ0v) is 9.47. The van der Waals surface area contributed by atoms with Gasteiger partial charge in [-0.1, -0.05) is 20.8 Å². The van der Waals surface area contributed by atoms with Crippen molar-refractivity contribution in [3.63, 3.8) is 0 Å². The van der Waals surface area contributed by atoms with Crippen LogP contribution in [0.5, 0.6) is 0 Å². The van der Waals surface area contributed by atoms with Crippen molar-refractivity contribution in [3.8, 4) is 0 Å². The third-order valence-electron chi connectivity index (χ3n) is 2.03. The summed E-state index contributed by atoms with van der Waals surface area (Å²) in [6.07, 6.45) is -1.20. The van der Waals surface area contributed by atoms with E-state index in [0.717, 1.165) is 0 Å². The Balaban J connectivity index is 3.85. The Morgan fingerprint density at radius 1 is 1.40 bits per heavy atom. The summed E-state index contributed by atoms with van der Waals surface area (Å²) in [7, 11) is 0. The first kappa shape index (κ1) is 14.3. The Kier molecular flexibility index (Phi) is 7.29. The smallest absolute Gasteiger partial charge is 0.307 e. The number of carbonyl (C=O) groups is 1. The normalized spacial score (nSPS) is 15.1. The molecule has 90 valence electrons. The quantitative estimate of drug-likeness (QED) is 0.476. The molecular weight excluding hydrogens is 200 g/mol. The van der Waals surface area contributed by atoms with Crippen molar-refractivity contribution in [2.45, 2.75) is 39.4 Å². The number of carbonyl (C=O) groups excluding carboxylic acids is 1. The van der Waals surface area contributed by atoms with Crippen LogP contribution in [-0.4, -0.2) is 41.8 Å². The summed E-state index contributed by atoms with van der Waals surface area (Å²) in [6.45, 7) is 4.77. The monoisotopic (exact) mass is 220 g/mol. The highest BCUT2D eigenvalue weighted by molar-refractivity contribution is 5.68. The molecule has 5 heteroatoms. The molecule has 0 bridgehead atoms. The van der Waals surface area contributed by atoms with Gasteiger partial charge in [-0.2, -0.15) is 0 Å². The van der Waals surface area contributed by atoms with Crippen LogP contribution < -0.4 is 0 Å². The van der Waals surface area contributed by atoms with Crippen molar-refractivity contribution < 1.29 is 24.5 Å². The van der Waals surface area contributed by atoms with Crippen LogP contribution in [-0.2, 0) is 14.3 Å². The molecule has 2 atom stereocenters. The maximum Gasteiger partial charge on any atom is 0.307 e. The fraction of sp³-hybridized carbons (Fsp3) is 0.900. The molecule has 0 rings (SSSR count). The Hall–Kier alpha value is -0.650. The lowest BCUT2D eigenvalue weighted by Crippen LogP contribution is -2.37. The topological polar surface area (TPSA) is 76.0 Å². The SMILES string of the molecule is CCC(=O)OCOC(CO)C(O)C(C)C. The lowest BCUT2D eigenvalue weighted by atomic mass is 10.0. The summed E-state index contributed by atoms with van der Waals surface area (Å²) in [5.41, 5.74) is 0. The van der Waals surface area contributed by atoms with Gasteiger partial charge < -0.3 is 19.7 Å². The van der Waals surface area contributed by atoms with Gasteiger partial charge in [0.25, 0.3) is 0 Å². The summed E-state index contributed by atoms with van der Waals surface area (Å²) in [5.74, 6) is -0.394. The van der Waals surface area contributed by atoms with Crippen LogP contribution in [0.1, 0.15) is 27.2 Å². The van der Waals surface area contributed by atoms with Gasteiger partial charge in [-0.3, -0.25) is 4.79 Å². The van der Waals surface area contributed by atoms with E-state index in [2.05, 4.69) is 4.74 Å². The molecule has 0 saturated heterocycles. The Morgan fingerprint density at radius 3 is 2.40 bits per heavy atom. The van der Waals surface area contributed by atoms with E-state index in [-0.39, 0.29) is 31.7 Å². The first-order valence-corrected chi connectivity index (χ1v) is 5.09. The van der Waals surface area contributed by atoms with Gasteiger partial charge in [0.2, 0.25) is 0 Å². The van der Waals surface area contributed by atoms with Crippen molar-refractivity contribution in [1.82, 2.24) is 0 Å². The predicted octanol–water partition coefficient (Wildman–Crippen LogP) is 0.291. The Bertz CT molecular complexity index is 181. The second-order valence-corrected chi connectivity index (χ2v) is 3.61. The zero-order chi connectivity index (χ0) is 11.8. The lowest BCUT2D eigenvalue weighted by Gasteiger charge is -2.23. The third-order valence-corrected chi connectivity index (χ3v) is 2.03. The molecule has 2 N–H and O–H groups in total. The summed E-state index contributed by atoms with van der Waals surface area (Å²) >= 11 is 0. The van der Waals surface area contributed by atoms with Gasteiger partial charge in [0.05, 0.1) is 12.7 Å². The fourth-order valence-corrected chi connectivity index (χ4v) is 0.978. The predicted molar refractivity (Wildman–Crippen MR) is 54.1 cm³/mol. The second-order valence-electron chi connectivity index (χ2n) is 3.61. The molecule has 0 aromatic rings. The molecule has 0 radical (unpaired) electrons. The summed E-state index contributed by atoms with van der Waals surface area (Å²) < 4.78 is 9.71. The van der Waals surface area contributed by atoms with E-state index < -0.39 is 12.2 Å². The molecule has 0 amide bonds. The summed E-state index contributed by atoms with van der Waals surface area (Å²) in [6, 6.07) is 0. The Morgan fingerprint density at radius 2 is 2.00 bits per heavy atom. The number of aliphatic hydroxyl groups is 2. The van der Waals surface area contributed by atoms with Gasteiger partial charge in [0.1, 0.15) is 6.10 Å². The first-order valence-electron chi connectivity index (χ1n) is 5.09. The minimum absolute atomic E-state index is 0.0240. The van der Waals surface area contributed by atoms with Crippen molar-refractivity contribution >= 4 is 5.97 Å².